The lowest BCUT2D eigenvalue weighted by molar-refractivity contribution is -0.384. The highest BCUT2D eigenvalue weighted by Crippen LogP contribution is 2.13. The zero-order chi connectivity index (χ0) is 15.1. The van der Waals surface area contributed by atoms with Crippen LogP contribution in [0, 0.1) is 10.1 Å². The molecule has 0 bridgehead atoms. The summed E-state index contributed by atoms with van der Waals surface area (Å²) in [5.41, 5.74) is -0.0929. The second-order valence-corrected chi connectivity index (χ2v) is 4.62. The highest BCUT2D eigenvalue weighted by molar-refractivity contribution is 5.90. The molecule has 0 spiro atoms. The second kappa shape index (κ2) is 7.56. The van der Waals surface area contributed by atoms with E-state index in [4.69, 9.17) is 4.74 Å². The fourth-order valence-electron chi connectivity index (χ4n) is 1.43. The Balaban J connectivity index is 2.50. The molecule has 0 saturated carbocycles. The highest BCUT2D eigenvalue weighted by Gasteiger charge is 2.14. The quantitative estimate of drug-likeness (QED) is 0.441. The third-order valence-corrected chi connectivity index (χ3v) is 2.46. The molecule has 0 aliphatic rings. The Morgan fingerprint density at radius 1 is 1.50 bits per heavy atom. The van der Waals surface area contributed by atoms with E-state index in [0.717, 1.165) is 6.07 Å². The molecule has 7 heteroatoms. The van der Waals surface area contributed by atoms with Gasteiger partial charge in [-0.15, -0.1) is 0 Å². The van der Waals surface area contributed by atoms with Crippen LogP contribution in [0.5, 0.6) is 0 Å². The van der Waals surface area contributed by atoms with Gasteiger partial charge in [-0.05, 0) is 6.07 Å². The lowest BCUT2D eigenvalue weighted by atomic mass is 10.2. The first-order valence-corrected chi connectivity index (χ1v) is 6.23. The number of hydrogen-bond acceptors (Lipinski definition) is 6. The van der Waals surface area contributed by atoms with Crippen LogP contribution >= 0.6 is 0 Å². The summed E-state index contributed by atoms with van der Waals surface area (Å²) in [6.45, 7) is 4.00. The zero-order valence-electron chi connectivity index (χ0n) is 11.4. The Morgan fingerprint density at radius 3 is 2.80 bits per heavy atom. The van der Waals surface area contributed by atoms with Gasteiger partial charge >= 0.3 is 5.97 Å². The molecule has 0 amide bonds. The van der Waals surface area contributed by atoms with Gasteiger partial charge in [0.25, 0.3) is 5.69 Å². The third kappa shape index (κ3) is 5.33. The Morgan fingerprint density at radius 2 is 2.20 bits per heavy atom. The van der Waals surface area contributed by atoms with Gasteiger partial charge in [0.05, 0.1) is 10.5 Å². The molecule has 1 atom stereocenters. The molecule has 110 valence electrons. The van der Waals surface area contributed by atoms with Crippen LogP contribution in [0.25, 0.3) is 0 Å². The van der Waals surface area contributed by atoms with Crippen molar-refractivity contribution in [2.75, 3.05) is 13.2 Å². The lowest BCUT2D eigenvalue weighted by Gasteiger charge is -2.14. The standard InChI is InChI=1S/C13H18N2O5/c1-9(2)14-7-12(16)8-20-13(17)10-4-3-5-11(6-10)15(18)19/h3-6,9,12,14,16H,7-8H2,1-2H3/t12-/m1/s1. The summed E-state index contributed by atoms with van der Waals surface area (Å²) in [5.74, 6) is -0.697. The monoisotopic (exact) mass is 282 g/mol. The topological polar surface area (TPSA) is 102 Å². The Bertz CT molecular complexity index is 476. The molecule has 0 aromatic heterocycles. The zero-order valence-corrected chi connectivity index (χ0v) is 11.4. The second-order valence-electron chi connectivity index (χ2n) is 4.62. The van der Waals surface area contributed by atoms with Crippen LogP contribution in [-0.2, 0) is 4.74 Å². The van der Waals surface area contributed by atoms with Crippen LogP contribution in [0.3, 0.4) is 0 Å². The summed E-state index contributed by atoms with van der Waals surface area (Å²) in [7, 11) is 0. The fraction of sp³-hybridized carbons (Fsp3) is 0.462. The number of ether oxygens (including phenoxy) is 1. The first-order valence-electron chi connectivity index (χ1n) is 6.23. The Hall–Kier alpha value is -1.99. The third-order valence-electron chi connectivity index (χ3n) is 2.46. The minimum atomic E-state index is -0.819. The fourth-order valence-corrected chi connectivity index (χ4v) is 1.43. The van der Waals surface area contributed by atoms with Gasteiger partial charge in [0, 0.05) is 24.7 Å². The molecule has 0 unspecified atom stereocenters. The molecule has 0 fully saturated rings. The van der Waals surface area contributed by atoms with Crippen molar-refractivity contribution in [2.45, 2.75) is 26.0 Å². The van der Waals surface area contributed by atoms with Gasteiger partial charge in [-0.25, -0.2) is 4.79 Å². The average Bonchev–Trinajstić information content (AvgIpc) is 2.42. The summed E-state index contributed by atoms with van der Waals surface area (Å²) in [4.78, 5) is 21.7. The molecule has 7 nitrogen and oxygen atoms in total. The molecule has 20 heavy (non-hydrogen) atoms. The van der Waals surface area contributed by atoms with Crippen molar-refractivity contribution in [2.24, 2.45) is 0 Å². The van der Waals surface area contributed by atoms with Crippen LogP contribution in [0.1, 0.15) is 24.2 Å². The number of carbonyl (C=O) groups excluding carboxylic acids is 1. The number of aliphatic hydroxyl groups is 1. The van der Waals surface area contributed by atoms with E-state index in [1.54, 1.807) is 0 Å². The van der Waals surface area contributed by atoms with Crippen molar-refractivity contribution in [3.05, 3.63) is 39.9 Å². The summed E-state index contributed by atoms with van der Waals surface area (Å²) >= 11 is 0. The van der Waals surface area contributed by atoms with Gasteiger partial charge in [0.15, 0.2) is 0 Å². The van der Waals surface area contributed by atoms with E-state index >= 15 is 0 Å². The molecular formula is C13H18N2O5. The average molecular weight is 282 g/mol. The summed E-state index contributed by atoms with van der Waals surface area (Å²) in [6.07, 6.45) is -0.819. The van der Waals surface area contributed by atoms with Crippen molar-refractivity contribution in [3.8, 4) is 0 Å². The molecule has 0 heterocycles. The molecule has 1 aromatic carbocycles. The van der Waals surface area contributed by atoms with E-state index < -0.39 is 17.0 Å². The number of rotatable bonds is 7. The number of nitrogens with zero attached hydrogens (tertiary/aromatic N) is 1. The highest BCUT2D eigenvalue weighted by atomic mass is 16.6. The SMILES string of the molecule is CC(C)NC[C@@H](O)COC(=O)c1cccc([N+](=O)[O-])c1. The number of nitrogens with one attached hydrogen (secondary N) is 1. The van der Waals surface area contributed by atoms with Crippen LogP contribution < -0.4 is 5.32 Å². The lowest BCUT2D eigenvalue weighted by Crippen LogP contribution is -2.35. The molecular weight excluding hydrogens is 264 g/mol. The van der Waals surface area contributed by atoms with E-state index in [0.29, 0.717) is 6.54 Å². The number of benzene rings is 1. The summed E-state index contributed by atoms with van der Waals surface area (Å²) in [6, 6.07) is 5.48. The Labute approximate surface area is 116 Å². The van der Waals surface area contributed by atoms with Gasteiger partial charge in [0.1, 0.15) is 12.7 Å². The van der Waals surface area contributed by atoms with Crippen LogP contribution in [0.15, 0.2) is 24.3 Å². The van der Waals surface area contributed by atoms with Crippen molar-refractivity contribution in [3.63, 3.8) is 0 Å². The molecule has 0 saturated heterocycles. The van der Waals surface area contributed by atoms with E-state index in [1.165, 1.54) is 18.2 Å². The van der Waals surface area contributed by atoms with Crippen molar-refractivity contribution >= 4 is 11.7 Å². The maximum atomic E-state index is 11.7. The van der Waals surface area contributed by atoms with Gasteiger partial charge in [-0.2, -0.15) is 0 Å². The normalized spacial score (nSPS) is 12.2. The maximum Gasteiger partial charge on any atom is 0.338 e. The number of esters is 1. The first-order chi connectivity index (χ1) is 9.40. The number of nitro groups is 1. The molecule has 1 aromatic rings. The molecule has 1 rings (SSSR count). The summed E-state index contributed by atoms with van der Waals surface area (Å²) < 4.78 is 4.91. The minimum absolute atomic E-state index is 0.0863. The van der Waals surface area contributed by atoms with Gasteiger partial charge < -0.3 is 15.2 Å². The van der Waals surface area contributed by atoms with E-state index in [9.17, 15) is 20.0 Å². The number of non-ortho nitro benzene ring substituents is 1. The van der Waals surface area contributed by atoms with Crippen LogP contribution in [0.2, 0.25) is 0 Å². The van der Waals surface area contributed by atoms with Gasteiger partial charge in [-0.1, -0.05) is 19.9 Å². The molecule has 2 N–H and O–H groups in total. The number of aliphatic hydroxyl groups excluding tert-OH is 1. The predicted molar refractivity (Wildman–Crippen MR) is 72.5 cm³/mol. The van der Waals surface area contributed by atoms with Gasteiger partial charge in [-0.3, -0.25) is 10.1 Å². The molecule has 0 radical (unpaired) electrons. The van der Waals surface area contributed by atoms with E-state index in [2.05, 4.69) is 5.32 Å². The largest absolute Gasteiger partial charge is 0.459 e. The number of hydrogen-bond donors (Lipinski definition) is 2. The van der Waals surface area contributed by atoms with E-state index in [-0.39, 0.29) is 23.9 Å². The van der Waals surface area contributed by atoms with Gasteiger partial charge in [0.2, 0.25) is 0 Å². The van der Waals surface area contributed by atoms with Crippen molar-refractivity contribution in [1.29, 1.82) is 0 Å². The number of carbonyl (C=O) groups is 1. The van der Waals surface area contributed by atoms with E-state index in [1.807, 2.05) is 13.8 Å². The number of nitro benzene ring substituents is 1. The first kappa shape index (κ1) is 16.1. The maximum absolute atomic E-state index is 11.7. The smallest absolute Gasteiger partial charge is 0.338 e. The summed E-state index contributed by atoms with van der Waals surface area (Å²) in [5, 5.41) is 23.2. The van der Waals surface area contributed by atoms with Crippen molar-refractivity contribution in [1.82, 2.24) is 5.32 Å². The predicted octanol–water partition coefficient (Wildman–Crippen LogP) is 1.11. The Kier molecular flexibility index (Phi) is 6.08. The minimum Gasteiger partial charge on any atom is -0.459 e. The van der Waals surface area contributed by atoms with Crippen molar-refractivity contribution < 1.29 is 19.6 Å². The van der Waals surface area contributed by atoms with Crippen LogP contribution in [0.4, 0.5) is 5.69 Å². The molecule has 0 aliphatic heterocycles. The van der Waals surface area contributed by atoms with Crippen LogP contribution in [-0.4, -0.2) is 41.3 Å². The molecule has 0 aliphatic carbocycles.